The van der Waals surface area contributed by atoms with Crippen LogP contribution in [0.1, 0.15) is 20.8 Å². The third-order valence-corrected chi connectivity index (χ3v) is 1.39. The van der Waals surface area contributed by atoms with Gasteiger partial charge in [0.1, 0.15) is 0 Å². The first kappa shape index (κ1) is 11.8. The summed E-state index contributed by atoms with van der Waals surface area (Å²) in [5, 5.41) is 0. The highest BCUT2D eigenvalue weighted by Crippen LogP contribution is 2.16. The maximum absolute atomic E-state index is 5.39. The first-order valence-corrected chi connectivity index (χ1v) is 4.45. The number of allylic oxidation sites excluding steroid dienone is 2. The fraction of sp³-hybridized carbons (Fsp3) is 0.455. The SMILES string of the molecule is C=C/C(OCC)=C(/OCC)C(=C)C. The van der Waals surface area contributed by atoms with Crippen LogP contribution >= 0.6 is 0 Å². The molecule has 0 fully saturated rings. The lowest BCUT2D eigenvalue weighted by Crippen LogP contribution is -2.00. The summed E-state index contributed by atoms with van der Waals surface area (Å²) in [5.41, 5.74) is 0.852. The van der Waals surface area contributed by atoms with Crippen molar-refractivity contribution in [3.63, 3.8) is 0 Å². The fourth-order valence-corrected chi connectivity index (χ4v) is 0.922. The highest BCUT2D eigenvalue weighted by atomic mass is 16.5. The quantitative estimate of drug-likeness (QED) is 0.464. The molecule has 13 heavy (non-hydrogen) atoms. The van der Waals surface area contributed by atoms with Gasteiger partial charge >= 0.3 is 0 Å². The van der Waals surface area contributed by atoms with E-state index in [2.05, 4.69) is 13.2 Å². The van der Waals surface area contributed by atoms with Gasteiger partial charge in [-0.3, -0.25) is 0 Å². The molecule has 0 spiro atoms. The van der Waals surface area contributed by atoms with E-state index in [0.717, 1.165) is 5.57 Å². The highest BCUT2D eigenvalue weighted by Gasteiger charge is 2.06. The average Bonchev–Trinajstić information content (AvgIpc) is 2.10. The van der Waals surface area contributed by atoms with Crippen LogP contribution in [0.5, 0.6) is 0 Å². The van der Waals surface area contributed by atoms with Crippen LogP contribution in [0.25, 0.3) is 0 Å². The largest absolute Gasteiger partial charge is 0.490 e. The summed E-state index contributed by atoms with van der Waals surface area (Å²) in [4.78, 5) is 0. The molecule has 2 heteroatoms. The molecule has 0 unspecified atom stereocenters. The molecule has 0 heterocycles. The van der Waals surface area contributed by atoms with E-state index in [4.69, 9.17) is 9.47 Å². The van der Waals surface area contributed by atoms with Crippen LogP contribution in [0.2, 0.25) is 0 Å². The predicted octanol–water partition coefficient (Wildman–Crippen LogP) is 3.03. The van der Waals surface area contributed by atoms with Crippen molar-refractivity contribution in [3.8, 4) is 0 Å². The lowest BCUT2D eigenvalue weighted by molar-refractivity contribution is 0.181. The van der Waals surface area contributed by atoms with Crippen LogP contribution in [0, 0.1) is 0 Å². The molecule has 0 atom stereocenters. The molecule has 0 aliphatic heterocycles. The van der Waals surface area contributed by atoms with Crippen molar-refractivity contribution in [2.75, 3.05) is 13.2 Å². The molecule has 0 saturated carbocycles. The Balaban J connectivity index is 4.76. The van der Waals surface area contributed by atoms with Crippen LogP contribution < -0.4 is 0 Å². The third kappa shape index (κ3) is 3.83. The Morgan fingerprint density at radius 3 is 2.08 bits per heavy atom. The minimum Gasteiger partial charge on any atom is -0.490 e. The molecule has 0 aromatic rings. The van der Waals surface area contributed by atoms with E-state index in [9.17, 15) is 0 Å². The van der Waals surface area contributed by atoms with Crippen LogP contribution in [0.4, 0.5) is 0 Å². The zero-order valence-electron chi connectivity index (χ0n) is 8.72. The summed E-state index contributed by atoms with van der Waals surface area (Å²) in [6.07, 6.45) is 1.64. The Morgan fingerprint density at radius 1 is 1.23 bits per heavy atom. The van der Waals surface area contributed by atoms with Gasteiger partial charge in [-0.25, -0.2) is 0 Å². The van der Waals surface area contributed by atoms with Gasteiger partial charge in [0.2, 0.25) is 0 Å². The highest BCUT2D eigenvalue weighted by molar-refractivity contribution is 5.28. The lowest BCUT2D eigenvalue weighted by Gasteiger charge is -2.12. The van der Waals surface area contributed by atoms with Crippen molar-refractivity contribution in [1.82, 2.24) is 0 Å². The van der Waals surface area contributed by atoms with Gasteiger partial charge in [0.05, 0.1) is 13.2 Å². The summed E-state index contributed by atoms with van der Waals surface area (Å²) in [7, 11) is 0. The zero-order valence-corrected chi connectivity index (χ0v) is 8.72. The number of hydrogen-bond donors (Lipinski definition) is 0. The normalized spacial score (nSPS) is 11.6. The van der Waals surface area contributed by atoms with E-state index in [1.165, 1.54) is 0 Å². The summed E-state index contributed by atoms with van der Waals surface area (Å²) in [5.74, 6) is 1.36. The first-order chi connectivity index (χ1) is 6.17. The van der Waals surface area contributed by atoms with Crippen LogP contribution in [-0.4, -0.2) is 13.2 Å². The van der Waals surface area contributed by atoms with Gasteiger partial charge in [-0.1, -0.05) is 13.2 Å². The van der Waals surface area contributed by atoms with Crippen LogP contribution in [0.3, 0.4) is 0 Å². The predicted molar refractivity (Wildman–Crippen MR) is 55.3 cm³/mol. The van der Waals surface area contributed by atoms with Crippen molar-refractivity contribution < 1.29 is 9.47 Å². The van der Waals surface area contributed by atoms with Gasteiger partial charge in [-0.05, 0) is 32.4 Å². The Bertz CT molecular complexity index is 214. The molecule has 0 amide bonds. The molecule has 0 saturated heterocycles. The zero-order chi connectivity index (χ0) is 10.3. The van der Waals surface area contributed by atoms with Gasteiger partial charge in [0.15, 0.2) is 11.5 Å². The van der Waals surface area contributed by atoms with Gasteiger partial charge in [0.25, 0.3) is 0 Å². The van der Waals surface area contributed by atoms with Gasteiger partial charge in [-0.2, -0.15) is 0 Å². The summed E-state index contributed by atoms with van der Waals surface area (Å²) in [6.45, 7) is 14.4. The third-order valence-electron chi connectivity index (χ3n) is 1.39. The number of ether oxygens (including phenoxy) is 2. The molecule has 0 N–H and O–H groups in total. The van der Waals surface area contributed by atoms with Crippen molar-refractivity contribution >= 4 is 0 Å². The molecular weight excluding hydrogens is 164 g/mol. The maximum atomic E-state index is 5.39. The van der Waals surface area contributed by atoms with Gasteiger partial charge in [0, 0.05) is 0 Å². The first-order valence-electron chi connectivity index (χ1n) is 4.45. The van der Waals surface area contributed by atoms with Gasteiger partial charge in [-0.15, -0.1) is 0 Å². The standard InChI is InChI=1S/C11H18O2/c1-6-10(12-7-2)11(9(4)5)13-8-3/h6H,1,4,7-8H2,2-3,5H3/b11-10-. The molecule has 0 radical (unpaired) electrons. The maximum Gasteiger partial charge on any atom is 0.163 e. The molecular formula is C11H18O2. The van der Waals surface area contributed by atoms with E-state index in [1.807, 2.05) is 20.8 Å². The van der Waals surface area contributed by atoms with Gasteiger partial charge < -0.3 is 9.47 Å². The summed E-state index contributed by atoms with van der Waals surface area (Å²) in [6, 6.07) is 0. The van der Waals surface area contributed by atoms with Crippen LogP contribution in [0.15, 0.2) is 36.3 Å². The van der Waals surface area contributed by atoms with Crippen molar-refractivity contribution in [1.29, 1.82) is 0 Å². The summed E-state index contributed by atoms with van der Waals surface area (Å²) < 4.78 is 10.7. The molecule has 0 aliphatic rings. The fourth-order valence-electron chi connectivity index (χ4n) is 0.922. The number of hydrogen-bond acceptors (Lipinski definition) is 2. The molecule has 0 bridgehead atoms. The Morgan fingerprint density at radius 2 is 1.77 bits per heavy atom. The second-order valence-corrected chi connectivity index (χ2v) is 2.54. The lowest BCUT2D eigenvalue weighted by atomic mass is 10.2. The molecule has 0 aromatic carbocycles. The van der Waals surface area contributed by atoms with Crippen molar-refractivity contribution in [3.05, 3.63) is 36.3 Å². The topological polar surface area (TPSA) is 18.5 Å². The van der Waals surface area contributed by atoms with E-state index in [1.54, 1.807) is 6.08 Å². The van der Waals surface area contributed by atoms with E-state index in [0.29, 0.717) is 24.7 Å². The molecule has 0 aromatic heterocycles. The Kier molecular flexibility index (Phi) is 5.77. The minimum absolute atomic E-state index is 0.602. The second-order valence-electron chi connectivity index (χ2n) is 2.54. The molecule has 0 aliphatic carbocycles. The molecule has 0 rings (SSSR count). The Labute approximate surface area is 80.5 Å². The van der Waals surface area contributed by atoms with E-state index >= 15 is 0 Å². The minimum atomic E-state index is 0.602. The van der Waals surface area contributed by atoms with Crippen LogP contribution in [-0.2, 0) is 9.47 Å². The van der Waals surface area contributed by atoms with Crippen molar-refractivity contribution in [2.45, 2.75) is 20.8 Å². The molecule has 2 nitrogen and oxygen atoms in total. The number of rotatable bonds is 6. The Hall–Kier alpha value is -1.18. The molecule has 74 valence electrons. The van der Waals surface area contributed by atoms with E-state index < -0.39 is 0 Å². The van der Waals surface area contributed by atoms with Crippen molar-refractivity contribution in [2.24, 2.45) is 0 Å². The second kappa shape index (κ2) is 6.35. The van der Waals surface area contributed by atoms with E-state index in [-0.39, 0.29) is 0 Å². The summed E-state index contributed by atoms with van der Waals surface area (Å²) >= 11 is 0. The average molecular weight is 182 g/mol. The monoisotopic (exact) mass is 182 g/mol. The smallest absolute Gasteiger partial charge is 0.163 e.